The molecule has 0 saturated heterocycles. The Hall–Kier alpha value is -2.35. The number of thiazole rings is 1. The van der Waals surface area contributed by atoms with Crippen LogP contribution in [0.25, 0.3) is 10.6 Å². The molecule has 1 atom stereocenters. The van der Waals surface area contributed by atoms with Crippen LogP contribution in [-0.2, 0) is 6.42 Å². The largest absolute Gasteiger partial charge is 0.491 e. The van der Waals surface area contributed by atoms with E-state index >= 15 is 0 Å². The van der Waals surface area contributed by atoms with Crippen molar-refractivity contribution in [1.82, 2.24) is 4.98 Å². The van der Waals surface area contributed by atoms with Gasteiger partial charge in [0.15, 0.2) is 0 Å². The van der Waals surface area contributed by atoms with E-state index in [0.717, 1.165) is 27.8 Å². The highest BCUT2D eigenvalue weighted by atomic mass is 32.1. The van der Waals surface area contributed by atoms with Crippen LogP contribution in [0.3, 0.4) is 0 Å². The van der Waals surface area contributed by atoms with E-state index in [0.29, 0.717) is 29.2 Å². The topological polar surface area (TPSA) is 62.6 Å². The first-order valence-electron chi connectivity index (χ1n) is 10.3. The van der Waals surface area contributed by atoms with Crippen molar-refractivity contribution in [3.05, 3.63) is 69.7 Å². The molecule has 0 spiro atoms. The lowest BCUT2D eigenvalue weighted by Gasteiger charge is -2.14. The number of aromatic nitrogens is 1. The van der Waals surface area contributed by atoms with Gasteiger partial charge in [0, 0.05) is 16.5 Å². The fourth-order valence-electron chi connectivity index (χ4n) is 3.43. The van der Waals surface area contributed by atoms with E-state index < -0.39 is 17.7 Å². The number of aliphatic hydroxyl groups excluding tert-OH is 2. The Morgan fingerprint density at radius 1 is 1.10 bits per heavy atom. The maximum absolute atomic E-state index is 13.6. The molecule has 1 heterocycles. The molecule has 0 aliphatic rings. The second-order valence-electron chi connectivity index (χ2n) is 7.79. The lowest BCUT2D eigenvalue weighted by Crippen LogP contribution is -2.05. The van der Waals surface area contributed by atoms with Crippen LogP contribution in [0.15, 0.2) is 36.4 Å². The molecule has 3 aromatic rings. The third-order valence-electron chi connectivity index (χ3n) is 4.96. The zero-order valence-electron chi connectivity index (χ0n) is 17.9. The first-order valence-corrected chi connectivity index (χ1v) is 11.1. The van der Waals surface area contributed by atoms with Gasteiger partial charge in [-0.05, 0) is 61.1 Å². The van der Waals surface area contributed by atoms with Gasteiger partial charge < -0.3 is 14.9 Å². The molecule has 4 nitrogen and oxygen atoms in total. The third kappa shape index (κ3) is 5.87. The fourth-order valence-corrected chi connectivity index (χ4v) is 4.65. The average Bonchev–Trinajstić information content (AvgIpc) is 3.15. The average molecular weight is 448 g/mol. The van der Waals surface area contributed by atoms with Gasteiger partial charge in [-0.2, -0.15) is 0 Å². The lowest BCUT2D eigenvalue weighted by atomic mass is 10.00. The molecule has 3 rings (SSSR count). The SMILES string of the molecule is Cc1cc(C(O)CCc2sc(-c3cc(F)cc(F)c3)nc2C(C)C)ccc1OCCO. The maximum atomic E-state index is 13.6. The summed E-state index contributed by atoms with van der Waals surface area (Å²) in [4.78, 5) is 5.64. The molecule has 1 unspecified atom stereocenters. The molecule has 7 heteroatoms. The van der Waals surface area contributed by atoms with Gasteiger partial charge >= 0.3 is 0 Å². The highest BCUT2D eigenvalue weighted by Gasteiger charge is 2.18. The monoisotopic (exact) mass is 447 g/mol. The van der Waals surface area contributed by atoms with Gasteiger partial charge in [0.25, 0.3) is 0 Å². The van der Waals surface area contributed by atoms with Crippen LogP contribution in [0.5, 0.6) is 5.75 Å². The lowest BCUT2D eigenvalue weighted by molar-refractivity contribution is 0.167. The summed E-state index contributed by atoms with van der Waals surface area (Å²) in [6.45, 7) is 6.12. The van der Waals surface area contributed by atoms with E-state index in [2.05, 4.69) is 4.98 Å². The first-order chi connectivity index (χ1) is 14.8. The zero-order chi connectivity index (χ0) is 22.5. The highest BCUT2D eigenvalue weighted by Crippen LogP contribution is 2.34. The molecule has 0 aliphatic heterocycles. The second kappa shape index (κ2) is 10.3. The summed E-state index contributed by atoms with van der Waals surface area (Å²) in [7, 11) is 0. The quantitative estimate of drug-likeness (QED) is 0.451. The van der Waals surface area contributed by atoms with Gasteiger partial charge in [-0.1, -0.05) is 19.9 Å². The summed E-state index contributed by atoms with van der Waals surface area (Å²) < 4.78 is 32.7. The molecule has 2 N–H and O–H groups in total. The van der Waals surface area contributed by atoms with Crippen LogP contribution in [0, 0.1) is 18.6 Å². The molecular formula is C24H27F2NO3S. The second-order valence-corrected chi connectivity index (χ2v) is 8.88. The van der Waals surface area contributed by atoms with Crippen molar-refractivity contribution in [1.29, 1.82) is 0 Å². The predicted octanol–water partition coefficient (Wildman–Crippen LogP) is 5.56. The van der Waals surface area contributed by atoms with E-state index in [4.69, 9.17) is 9.84 Å². The minimum absolute atomic E-state index is 0.0545. The number of aliphatic hydroxyl groups is 2. The van der Waals surface area contributed by atoms with Gasteiger partial charge in [-0.3, -0.25) is 0 Å². The van der Waals surface area contributed by atoms with Crippen molar-refractivity contribution in [3.63, 3.8) is 0 Å². The molecule has 166 valence electrons. The number of hydrogen-bond acceptors (Lipinski definition) is 5. The summed E-state index contributed by atoms with van der Waals surface area (Å²) in [6.07, 6.45) is 0.434. The van der Waals surface area contributed by atoms with E-state index in [1.54, 1.807) is 6.07 Å². The highest BCUT2D eigenvalue weighted by molar-refractivity contribution is 7.15. The van der Waals surface area contributed by atoms with E-state index in [1.807, 2.05) is 32.9 Å². The van der Waals surface area contributed by atoms with E-state index in [-0.39, 0.29) is 19.1 Å². The molecule has 0 aliphatic carbocycles. The van der Waals surface area contributed by atoms with E-state index in [1.165, 1.54) is 23.5 Å². The van der Waals surface area contributed by atoms with Gasteiger partial charge in [0.05, 0.1) is 18.4 Å². The molecule has 0 fully saturated rings. The Morgan fingerprint density at radius 3 is 2.42 bits per heavy atom. The number of ether oxygens (including phenoxy) is 1. The minimum Gasteiger partial charge on any atom is -0.491 e. The summed E-state index contributed by atoms with van der Waals surface area (Å²) in [6, 6.07) is 8.92. The molecule has 2 aromatic carbocycles. The first kappa shape index (κ1) is 23.3. The molecule has 0 radical (unpaired) electrons. The van der Waals surface area contributed by atoms with Crippen molar-refractivity contribution in [2.24, 2.45) is 0 Å². The maximum Gasteiger partial charge on any atom is 0.126 e. The van der Waals surface area contributed by atoms with Crippen molar-refractivity contribution in [2.75, 3.05) is 13.2 Å². The molecule has 31 heavy (non-hydrogen) atoms. The van der Waals surface area contributed by atoms with Crippen molar-refractivity contribution < 1.29 is 23.7 Å². The number of aryl methyl sites for hydroxylation is 2. The van der Waals surface area contributed by atoms with Crippen LogP contribution < -0.4 is 4.74 Å². The van der Waals surface area contributed by atoms with Crippen molar-refractivity contribution in [2.45, 2.75) is 45.6 Å². The molecule has 0 amide bonds. The summed E-state index contributed by atoms with van der Waals surface area (Å²) in [5.41, 5.74) is 2.99. The zero-order valence-corrected chi connectivity index (χ0v) is 18.7. The summed E-state index contributed by atoms with van der Waals surface area (Å²) >= 11 is 1.41. The smallest absolute Gasteiger partial charge is 0.126 e. The Labute approximate surface area is 185 Å². The standard InChI is InChI=1S/C24H27F2NO3S/c1-14(2)23-22(31-24(27-23)17-11-18(25)13-19(26)12-17)7-5-20(29)16-4-6-21(15(3)10-16)30-9-8-28/h4,6,10-14,20,28-29H,5,7-9H2,1-3H3. The fraction of sp³-hybridized carbons (Fsp3) is 0.375. The van der Waals surface area contributed by atoms with Crippen LogP contribution in [0.4, 0.5) is 8.78 Å². The van der Waals surface area contributed by atoms with Gasteiger partial charge in [-0.15, -0.1) is 11.3 Å². The van der Waals surface area contributed by atoms with Crippen LogP contribution in [0.2, 0.25) is 0 Å². The molecular weight excluding hydrogens is 420 g/mol. The van der Waals surface area contributed by atoms with Crippen LogP contribution in [0.1, 0.15) is 54.0 Å². The summed E-state index contributed by atoms with van der Waals surface area (Å²) in [5.74, 6) is -0.424. The van der Waals surface area contributed by atoms with Gasteiger partial charge in [-0.25, -0.2) is 13.8 Å². The molecule has 0 saturated carbocycles. The molecule has 0 bridgehead atoms. The number of halogens is 2. The Morgan fingerprint density at radius 2 is 1.81 bits per heavy atom. The number of benzene rings is 2. The van der Waals surface area contributed by atoms with Gasteiger partial charge in [0.2, 0.25) is 0 Å². The number of hydrogen-bond donors (Lipinski definition) is 2. The van der Waals surface area contributed by atoms with Crippen LogP contribution >= 0.6 is 11.3 Å². The normalized spacial score (nSPS) is 12.4. The van der Waals surface area contributed by atoms with Crippen molar-refractivity contribution >= 4 is 11.3 Å². The number of nitrogens with zero attached hydrogens (tertiary/aromatic N) is 1. The van der Waals surface area contributed by atoms with E-state index in [9.17, 15) is 13.9 Å². The predicted molar refractivity (Wildman–Crippen MR) is 119 cm³/mol. The van der Waals surface area contributed by atoms with Crippen LogP contribution in [-0.4, -0.2) is 28.4 Å². The number of rotatable bonds is 9. The van der Waals surface area contributed by atoms with Gasteiger partial charge in [0.1, 0.15) is 29.0 Å². The Kier molecular flexibility index (Phi) is 7.75. The summed E-state index contributed by atoms with van der Waals surface area (Å²) in [5, 5.41) is 20.2. The minimum atomic E-state index is -0.664. The molecule has 1 aromatic heterocycles. The third-order valence-corrected chi connectivity index (χ3v) is 6.14. The van der Waals surface area contributed by atoms with Crippen molar-refractivity contribution in [3.8, 4) is 16.3 Å². The Balaban J connectivity index is 1.76. The Bertz CT molecular complexity index is 1020.